The molecule has 1 heterocycles. The molecular formula is C13H21ClN2. The second-order valence-electron chi connectivity index (χ2n) is 4.44. The zero-order valence-electron chi connectivity index (χ0n) is 10.1. The first kappa shape index (κ1) is 13.5. The Bertz CT molecular complexity index is 333. The lowest BCUT2D eigenvalue weighted by molar-refractivity contribution is 0.233. The third kappa shape index (κ3) is 3.48. The molecule has 16 heavy (non-hydrogen) atoms. The Balaban J connectivity index is 0.00000128. The van der Waals surface area contributed by atoms with Gasteiger partial charge >= 0.3 is 0 Å². The summed E-state index contributed by atoms with van der Waals surface area (Å²) < 4.78 is 0. The number of nitrogens with one attached hydrogen (secondary N) is 1. The number of benzene rings is 1. The van der Waals surface area contributed by atoms with E-state index in [0.717, 1.165) is 19.6 Å². The Kier molecular flexibility index (Phi) is 5.26. The number of rotatable bonds is 2. The molecule has 0 aromatic heterocycles. The highest BCUT2D eigenvalue weighted by molar-refractivity contribution is 5.85. The second-order valence-corrected chi connectivity index (χ2v) is 4.44. The Labute approximate surface area is 104 Å². The third-order valence-corrected chi connectivity index (χ3v) is 3.19. The van der Waals surface area contributed by atoms with Crippen molar-refractivity contribution in [3.63, 3.8) is 0 Å². The van der Waals surface area contributed by atoms with E-state index in [1.807, 2.05) is 0 Å². The lowest BCUT2D eigenvalue weighted by atomic mass is 10.1. The van der Waals surface area contributed by atoms with Gasteiger partial charge in [-0.2, -0.15) is 0 Å². The van der Waals surface area contributed by atoms with Crippen molar-refractivity contribution in [3.8, 4) is 0 Å². The SMILES string of the molecule is Cc1ccc(CN2CCNCC2)cc1C.Cl. The van der Waals surface area contributed by atoms with Crippen molar-refractivity contribution >= 4 is 12.4 Å². The van der Waals surface area contributed by atoms with Gasteiger partial charge in [0.15, 0.2) is 0 Å². The van der Waals surface area contributed by atoms with Crippen molar-refractivity contribution < 1.29 is 0 Å². The van der Waals surface area contributed by atoms with Crippen LogP contribution in [0.3, 0.4) is 0 Å². The number of hydrogen-bond donors (Lipinski definition) is 1. The van der Waals surface area contributed by atoms with Crippen LogP contribution in [0, 0.1) is 13.8 Å². The minimum absolute atomic E-state index is 0. The predicted molar refractivity (Wildman–Crippen MR) is 71.3 cm³/mol. The minimum atomic E-state index is 0. The number of aryl methyl sites for hydroxylation is 2. The van der Waals surface area contributed by atoms with Crippen LogP contribution in [0.2, 0.25) is 0 Å². The molecule has 90 valence electrons. The molecule has 1 aromatic rings. The largest absolute Gasteiger partial charge is 0.314 e. The van der Waals surface area contributed by atoms with Crippen molar-refractivity contribution in [2.45, 2.75) is 20.4 Å². The van der Waals surface area contributed by atoms with Gasteiger partial charge in [-0.05, 0) is 30.5 Å². The Morgan fingerprint density at radius 2 is 1.81 bits per heavy atom. The van der Waals surface area contributed by atoms with Crippen LogP contribution in [0.1, 0.15) is 16.7 Å². The van der Waals surface area contributed by atoms with Crippen LogP contribution in [-0.4, -0.2) is 31.1 Å². The number of piperazine rings is 1. The van der Waals surface area contributed by atoms with Crippen LogP contribution in [-0.2, 0) is 6.54 Å². The van der Waals surface area contributed by atoms with Gasteiger partial charge in [0.25, 0.3) is 0 Å². The molecule has 0 amide bonds. The Morgan fingerprint density at radius 3 is 2.44 bits per heavy atom. The van der Waals surface area contributed by atoms with Gasteiger partial charge in [0.1, 0.15) is 0 Å². The summed E-state index contributed by atoms with van der Waals surface area (Å²) in [5.41, 5.74) is 4.24. The standard InChI is InChI=1S/C13H20N2.ClH/c1-11-3-4-13(9-12(11)2)10-15-7-5-14-6-8-15;/h3-4,9,14H,5-8,10H2,1-2H3;1H. The van der Waals surface area contributed by atoms with E-state index in [2.05, 4.69) is 42.3 Å². The average Bonchev–Trinajstić information content (AvgIpc) is 2.25. The molecule has 1 fully saturated rings. The molecule has 0 bridgehead atoms. The fourth-order valence-electron chi connectivity index (χ4n) is 2.03. The molecule has 0 atom stereocenters. The van der Waals surface area contributed by atoms with Crippen LogP contribution in [0.15, 0.2) is 18.2 Å². The number of hydrogen-bond acceptors (Lipinski definition) is 2. The fraction of sp³-hybridized carbons (Fsp3) is 0.538. The zero-order chi connectivity index (χ0) is 10.7. The van der Waals surface area contributed by atoms with E-state index in [0.29, 0.717) is 0 Å². The molecule has 1 saturated heterocycles. The summed E-state index contributed by atoms with van der Waals surface area (Å²) >= 11 is 0. The van der Waals surface area contributed by atoms with Gasteiger partial charge < -0.3 is 5.32 Å². The summed E-state index contributed by atoms with van der Waals surface area (Å²) in [6, 6.07) is 6.80. The topological polar surface area (TPSA) is 15.3 Å². The molecule has 1 aromatic carbocycles. The van der Waals surface area contributed by atoms with Gasteiger partial charge in [-0.15, -0.1) is 12.4 Å². The van der Waals surface area contributed by atoms with E-state index in [9.17, 15) is 0 Å². The van der Waals surface area contributed by atoms with Crippen LogP contribution in [0.25, 0.3) is 0 Å². The van der Waals surface area contributed by atoms with E-state index in [-0.39, 0.29) is 12.4 Å². The molecule has 1 N–H and O–H groups in total. The van der Waals surface area contributed by atoms with Gasteiger partial charge in [-0.1, -0.05) is 18.2 Å². The number of halogens is 1. The highest BCUT2D eigenvalue weighted by Crippen LogP contribution is 2.12. The van der Waals surface area contributed by atoms with Gasteiger partial charge in [0.2, 0.25) is 0 Å². The van der Waals surface area contributed by atoms with Crippen molar-refractivity contribution in [2.24, 2.45) is 0 Å². The summed E-state index contributed by atoms with van der Waals surface area (Å²) in [6.45, 7) is 10.1. The fourth-order valence-corrected chi connectivity index (χ4v) is 2.03. The van der Waals surface area contributed by atoms with Crippen molar-refractivity contribution in [2.75, 3.05) is 26.2 Å². The van der Waals surface area contributed by atoms with Crippen molar-refractivity contribution in [1.29, 1.82) is 0 Å². The first-order valence-corrected chi connectivity index (χ1v) is 5.75. The van der Waals surface area contributed by atoms with Crippen LogP contribution < -0.4 is 5.32 Å². The van der Waals surface area contributed by atoms with Crippen LogP contribution >= 0.6 is 12.4 Å². The maximum Gasteiger partial charge on any atom is 0.0234 e. The lowest BCUT2D eigenvalue weighted by Gasteiger charge is -2.27. The molecule has 0 unspecified atom stereocenters. The highest BCUT2D eigenvalue weighted by Gasteiger charge is 2.09. The lowest BCUT2D eigenvalue weighted by Crippen LogP contribution is -2.42. The molecule has 0 saturated carbocycles. The monoisotopic (exact) mass is 240 g/mol. The van der Waals surface area contributed by atoms with E-state index in [1.165, 1.54) is 29.8 Å². The predicted octanol–water partition coefficient (Wildman–Crippen LogP) is 2.13. The van der Waals surface area contributed by atoms with Gasteiger partial charge in [-0.25, -0.2) is 0 Å². The molecule has 2 rings (SSSR count). The first-order valence-electron chi connectivity index (χ1n) is 5.75. The first-order chi connectivity index (χ1) is 7.25. The molecule has 0 aliphatic carbocycles. The van der Waals surface area contributed by atoms with Gasteiger partial charge in [0.05, 0.1) is 0 Å². The maximum absolute atomic E-state index is 3.38. The second kappa shape index (κ2) is 6.24. The van der Waals surface area contributed by atoms with Gasteiger partial charge in [0, 0.05) is 32.7 Å². The molecule has 1 aliphatic heterocycles. The minimum Gasteiger partial charge on any atom is -0.314 e. The van der Waals surface area contributed by atoms with E-state index >= 15 is 0 Å². The van der Waals surface area contributed by atoms with E-state index in [4.69, 9.17) is 0 Å². The normalized spacial score (nSPS) is 16.9. The van der Waals surface area contributed by atoms with Gasteiger partial charge in [-0.3, -0.25) is 4.90 Å². The maximum atomic E-state index is 3.38. The van der Waals surface area contributed by atoms with Crippen molar-refractivity contribution in [3.05, 3.63) is 34.9 Å². The summed E-state index contributed by atoms with van der Waals surface area (Å²) in [5, 5.41) is 3.38. The summed E-state index contributed by atoms with van der Waals surface area (Å²) in [4.78, 5) is 2.51. The summed E-state index contributed by atoms with van der Waals surface area (Å²) in [6.07, 6.45) is 0. The molecule has 0 spiro atoms. The Morgan fingerprint density at radius 1 is 1.12 bits per heavy atom. The molecule has 0 radical (unpaired) electrons. The van der Waals surface area contributed by atoms with Crippen LogP contribution in [0.5, 0.6) is 0 Å². The number of nitrogens with zero attached hydrogens (tertiary/aromatic N) is 1. The van der Waals surface area contributed by atoms with E-state index < -0.39 is 0 Å². The van der Waals surface area contributed by atoms with E-state index in [1.54, 1.807) is 0 Å². The summed E-state index contributed by atoms with van der Waals surface area (Å²) in [7, 11) is 0. The molecular weight excluding hydrogens is 220 g/mol. The van der Waals surface area contributed by atoms with Crippen molar-refractivity contribution in [1.82, 2.24) is 10.2 Å². The zero-order valence-corrected chi connectivity index (χ0v) is 10.9. The quantitative estimate of drug-likeness (QED) is 0.852. The molecule has 1 aliphatic rings. The Hall–Kier alpha value is -0.570. The third-order valence-electron chi connectivity index (χ3n) is 3.19. The highest BCUT2D eigenvalue weighted by atomic mass is 35.5. The molecule has 2 nitrogen and oxygen atoms in total. The summed E-state index contributed by atoms with van der Waals surface area (Å²) in [5.74, 6) is 0. The molecule has 3 heteroatoms. The average molecular weight is 241 g/mol. The van der Waals surface area contributed by atoms with Crippen LogP contribution in [0.4, 0.5) is 0 Å². The smallest absolute Gasteiger partial charge is 0.0234 e.